The Balaban J connectivity index is 2.01. The average Bonchev–Trinajstić information content (AvgIpc) is 3.08. The van der Waals surface area contributed by atoms with Crippen molar-refractivity contribution >= 4 is 5.97 Å². The summed E-state index contributed by atoms with van der Waals surface area (Å²) in [6, 6.07) is 1.14. The molecule has 2 unspecified atom stereocenters. The van der Waals surface area contributed by atoms with Crippen LogP contribution in [0.2, 0.25) is 0 Å². The van der Waals surface area contributed by atoms with Crippen molar-refractivity contribution in [2.45, 2.75) is 31.1 Å². The lowest BCUT2D eigenvalue weighted by molar-refractivity contribution is 0.0688. The van der Waals surface area contributed by atoms with Crippen LogP contribution in [-0.2, 0) is 0 Å². The quantitative estimate of drug-likeness (QED) is 0.925. The van der Waals surface area contributed by atoms with Crippen molar-refractivity contribution in [2.75, 3.05) is 0 Å². The Kier molecular flexibility index (Phi) is 2.64. The fourth-order valence-electron chi connectivity index (χ4n) is 3.80. The number of nitrogens with zero attached hydrogens (tertiary/aromatic N) is 2. The van der Waals surface area contributed by atoms with Crippen LogP contribution in [0.5, 0.6) is 0 Å². The maximum Gasteiger partial charge on any atom is 0.356 e. The van der Waals surface area contributed by atoms with Gasteiger partial charge >= 0.3 is 5.97 Å². The van der Waals surface area contributed by atoms with Gasteiger partial charge < -0.3 is 5.11 Å². The Morgan fingerprint density at radius 3 is 2.45 bits per heavy atom. The van der Waals surface area contributed by atoms with E-state index in [4.69, 9.17) is 0 Å². The molecule has 0 radical (unpaired) electrons. The number of carboxylic acid groups (broad SMARTS) is 1. The molecule has 7 heteroatoms. The van der Waals surface area contributed by atoms with E-state index < -0.39 is 29.1 Å². The number of hydrogen-bond acceptors (Lipinski definition) is 2. The summed E-state index contributed by atoms with van der Waals surface area (Å²) < 4.78 is 42.2. The van der Waals surface area contributed by atoms with Crippen LogP contribution in [0.25, 0.3) is 5.69 Å². The normalized spacial score (nSPS) is 22.1. The fraction of sp³-hybridized carbons (Fsp3) is 0.333. The highest BCUT2D eigenvalue weighted by Gasteiger charge is 2.44. The van der Waals surface area contributed by atoms with Crippen LogP contribution in [0, 0.1) is 17.5 Å². The second-order valence-electron chi connectivity index (χ2n) is 5.79. The molecule has 4 nitrogen and oxygen atoms in total. The molecule has 4 rings (SSSR count). The zero-order valence-electron chi connectivity index (χ0n) is 11.3. The van der Waals surface area contributed by atoms with Gasteiger partial charge in [0.05, 0.1) is 5.69 Å². The molecule has 2 bridgehead atoms. The van der Waals surface area contributed by atoms with Crippen LogP contribution in [0.15, 0.2) is 12.1 Å². The summed E-state index contributed by atoms with van der Waals surface area (Å²) in [6.45, 7) is 0. The summed E-state index contributed by atoms with van der Waals surface area (Å²) in [5.74, 6) is -4.31. The minimum absolute atomic E-state index is 0.0458. The van der Waals surface area contributed by atoms with Gasteiger partial charge in [-0.15, -0.1) is 0 Å². The molecule has 1 aromatic heterocycles. The maximum atomic E-state index is 14.0. The first-order valence-electron chi connectivity index (χ1n) is 6.98. The number of halogens is 3. The van der Waals surface area contributed by atoms with Crippen molar-refractivity contribution in [3.63, 3.8) is 0 Å². The molecule has 2 aromatic rings. The van der Waals surface area contributed by atoms with Crippen LogP contribution in [0.4, 0.5) is 13.2 Å². The largest absolute Gasteiger partial charge is 0.476 e. The molecule has 2 aliphatic rings. The zero-order chi connectivity index (χ0) is 15.6. The van der Waals surface area contributed by atoms with Gasteiger partial charge in [-0.1, -0.05) is 0 Å². The Morgan fingerprint density at radius 1 is 1.18 bits per heavy atom. The number of carboxylic acids is 1. The second kappa shape index (κ2) is 4.34. The summed E-state index contributed by atoms with van der Waals surface area (Å²) in [4.78, 5) is 11.4. The van der Waals surface area contributed by atoms with E-state index in [9.17, 15) is 23.1 Å². The first kappa shape index (κ1) is 13.4. The van der Waals surface area contributed by atoms with E-state index in [2.05, 4.69) is 5.10 Å². The highest BCUT2D eigenvalue weighted by Crippen LogP contribution is 2.54. The molecule has 22 heavy (non-hydrogen) atoms. The molecule has 114 valence electrons. The predicted molar refractivity (Wildman–Crippen MR) is 69.7 cm³/mol. The average molecular weight is 308 g/mol. The Labute approximate surface area is 123 Å². The second-order valence-corrected chi connectivity index (χ2v) is 5.79. The minimum Gasteiger partial charge on any atom is -0.476 e. The summed E-state index contributed by atoms with van der Waals surface area (Å²) in [5.41, 5.74) is 0.452. The van der Waals surface area contributed by atoms with E-state index in [0.717, 1.165) is 23.9 Å². The van der Waals surface area contributed by atoms with Crippen LogP contribution < -0.4 is 0 Å². The molecular weight excluding hydrogens is 297 g/mol. The van der Waals surface area contributed by atoms with E-state index in [-0.39, 0.29) is 17.5 Å². The first-order chi connectivity index (χ1) is 10.5. The number of carbonyl (C=O) groups is 1. The third-order valence-corrected chi connectivity index (χ3v) is 4.58. The van der Waals surface area contributed by atoms with Crippen molar-refractivity contribution in [3.8, 4) is 5.69 Å². The van der Waals surface area contributed by atoms with E-state index in [1.54, 1.807) is 0 Å². The van der Waals surface area contributed by atoms with E-state index in [1.807, 2.05) is 0 Å². The van der Waals surface area contributed by atoms with Gasteiger partial charge in [-0.3, -0.25) is 0 Å². The van der Waals surface area contributed by atoms with Gasteiger partial charge in [-0.2, -0.15) is 5.10 Å². The molecule has 1 aromatic carbocycles. The molecular formula is C15H11F3N2O2. The van der Waals surface area contributed by atoms with E-state index >= 15 is 0 Å². The molecule has 1 fully saturated rings. The lowest BCUT2D eigenvalue weighted by Gasteiger charge is -2.14. The van der Waals surface area contributed by atoms with Crippen molar-refractivity contribution in [3.05, 3.63) is 46.5 Å². The Morgan fingerprint density at radius 2 is 1.82 bits per heavy atom. The highest BCUT2D eigenvalue weighted by molar-refractivity contribution is 5.88. The standard InChI is InChI=1S/C15H11F3N2O2/c16-8-4-9(17)14(10(18)5-8)20-13-7-2-1-6(3-7)11(13)12(19-20)15(21)22/h4-7H,1-3H2,(H,21,22). The minimum atomic E-state index is -1.22. The summed E-state index contributed by atoms with van der Waals surface area (Å²) >= 11 is 0. The fourth-order valence-corrected chi connectivity index (χ4v) is 3.80. The number of hydrogen-bond donors (Lipinski definition) is 1. The van der Waals surface area contributed by atoms with Gasteiger partial charge in [0.15, 0.2) is 17.3 Å². The first-order valence-corrected chi connectivity index (χ1v) is 6.98. The molecule has 0 aliphatic heterocycles. The SMILES string of the molecule is O=C(O)c1nn(-c2c(F)cc(F)cc2F)c2c1C1CCC2C1. The van der Waals surface area contributed by atoms with Crippen LogP contribution in [0.3, 0.4) is 0 Å². The van der Waals surface area contributed by atoms with Crippen molar-refractivity contribution < 1.29 is 23.1 Å². The Hall–Kier alpha value is -2.31. The number of benzene rings is 1. The lowest BCUT2D eigenvalue weighted by Crippen LogP contribution is -2.10. The Bertz CT molecular complexity index is 792. The number of aromatic carboxylic acids is 1. The van der Waals surface area contributed by atoms with E-state index in [0.29, 0.717) is 23.4 Å². The lowest BCUT2D eigenvalue weighted by atomic mass is 9.95. The molecule has 2 atom stereocenters. The zero-order valence-corrected chi connectivity index (χ0v) is 11.3. The predicted octanol–water partition coefficient (Wildman–Crippen LogP) is 3.35. The third-order valence-electron chi connectivity index (χ3n) is 4.58. The topological polar surface area (TPSA) is 55.1 Å². The third kappa shape index (κ3) is 1.65. The van der Waals surface area contributed by atoms with Crippen LogP contribution >= 0.6 is 0 Å². The van der Waals surface area contributed by atoms with Crippen LogP contribution in [0.1, 0.15) is 52.8 Å². The van der Waals surface area contributed by atoms with Gasteiger partial charge in [-0.05, 0) is 25.2 Å². The number of fused-ring (bicyclic) bond motifs is 5. The van der Waals surface area contributed by atoms with Crippen LogP contribution in [-0.4, -0.2) is 20.9 Å². The molecule has 1 heterocycles. The number of rotatable bonds is 2. The van der Waals surface area contributed by atoms with E-state index in [1.165, 1.54) is 0 Å². The molecule has 1 N–H and O–H groups in total. The highest BCUT2D eigenvalue weighted by atomic mass is 19.1. The molecule has 2 aliphatic carbocycles. The van der Waals surface area contributed by atoms with Crippen molar-refractivity contribution in [2.24, 2.45) is 0 Å². The van der Waals surface area contributed by atoms with Gasteiger partial charge in [-0.25, -0.2) is 22.6 Å². The maximum absolute atomic E-state index is 14.0. The van der Waals surface area contributed by atoms with Gasteiger partial charge in [0.2, 0.25) is 0 Å². The monoisotopic (exact) mass is 308 g/mol. The van der Waals surface area contributed by atoms with Gasteiger partial charge in [0, 0.05) is 23.6 Å². The summed E-state index contributed by atoms with van der Waals surface area (Å²) in [6.07, 6.45) is 2.47. The smallest absolute Gasteiger partial charge is 0.356 e. The number of aromatic nitrogens is 2. The molecule has 0 spiro atoms. The van der Waals surface area contributed by atoms with Crippen molar-refractivity contribution in [1.82, 2.24) is 9.78 Å². The summed E-state index contributed by atoms with van der Waals surface area (Å²) in [7, 11) is 0. The summed E-state index contributed by atoms with van der Waals surface area (Å²) in [5, 5.41) is 13.2. The molecule has 0 amide bonds. The van der Waals surface area contributed by atoms with Gasteiger partial charge in [0.1, 0.15) is 11.5 Å². The molecule has 1 saturated carbocycles. The molecule has 0 saturated heterocycles. The van der Waals surface area contributed by atoms with Crippen molar-refractivity contribution in [1.29, 1.82) is 0 Å². The van der Waals surface area contributed by atoms with Gasteiger partial charge in [0.25, 0.3) is 0 Å².